The van der Waals surface area contributed by atoms with Crippen LogP contribution in [0.4, 0.5) is 17.6 Å². The lowest BCUT2D eigenvalue weighted by Crippen LogP contribution is -1.95. The van der Waals surface area contributed by atoms with Gasteiger partial charge in [-0.2, -0.15) is 8.78 Å². The van der Waals surface area contributed by atoms with Crippen LogP contribution in [0.25, 0.3) is 28.0 Å². The number of fused-ring (bicyclic) bond motifs is 1. The summed E-state index contributed by atoms with van der Waals surface area (Å²) in [6.07, 6.45) is 2.65. The van der Waals surface area contributed by atoms with E-state index < -0.39 is 17.7 Å². The first kappa shape index (κ1) is 19.2. The zero-order valence-corrected chi connectivity index (χ0v) is 15.0. The predicted molar refractivity (Wildman–Crippen MR) is 103 cm³/mol. The van der Waals surface area contributed by atoms with Gasteiger partial charge in [0.2, 0.25) is 0 Å². The van der Waals surface area contributed by atoms with Crippen molar-refractivity contribution in [3.05, 3.63) is 77.4 Å². The van der Waals surface area contributed by atoms with Gasteiger partial charge in [-0.3, -0.25) is 0 Å². The summed E-state index contributed by atoms with van der Waals surface area (Å²) >= 11 is 0. The van der Waals surface area contributed by atoms with E-state index in [-0.39, 0.29) is 5.56 Å². The molecule has 3 aromatic rings. The van der Waals surface area contributed by atoms with E-state index in [1.807, 2.05) is 0 Å². The first-order chi connectivity index (χ1) is 13.0. The van der Waals surface area contributed by atoms with E-state index in [1.54, 1.807) is 36.4 Å². The first-order valence-corrected chi connectivity index (χ1v) is 9.02. The van der Waals surface area contributed by atoms with Gasteiger partial charge < -0.3 is 0 Å². The summed E-state index contributed by atoms with van der Waals surface area (Å²) in [5, 5.41) is 1.46. The van der Waals surface area contributed by atoms with Gasteiger partial charge in [-0.25, -0.2) is 8.78 Å². The van der Waals surface area contributed by atoms with Gasteiger partial charge in [0, 0.05) is 6.08 Å². The Bertz CT molecular complexity index is 962. The lowest BCUT2D eigenvalue weighted by molar-refractivity contribution is 0.429. The van der Waals surface area contributed by atoms with Gasteiger partial charge in [0.05, 0.1) is 5.56 Å². The molecule has 3 aromatic carbocycles. The van der Waals surface area contributed by atoms with E-state index in [0.29, 0.717) is 23.1 Å². The third kappa shape index (κ3) is 4.57. The third-order valence-corrected chi connectivity index (χ3v) is 4.60. The molecule has 0 spiro atoms. The normalized spacial score (nSPS) is 11.0. The number of benzene rings is 3. The second-order valence-corrected chi connectivity index (χ2v) is 6.65. The monoisotopic (exact) mass is 372 g/mol. The Balaban J connectivity index is 1.96. The Morgan fingerprint density at radius 2 is 1.52 bits per heavy atom. The van der Waals surface area contributed by atoms with Crippen LogP contribution in [0.5, 0.6) is 0 Å². The Labute approximate surface area is 156 Å². The van der Waals surface area contributed by atoms with Crippen molar-refractivity contribution in [2.24, 2.45) is 0 Å². The minimum atomic E-state index is -1.77. The number of aryl methyl sites for hydroxylation is 1. The third-order valence-electron chi connectivity index (χ3n) is 4.60. The van der Waals surface area contributed by atoms with Crippen molar-refractivity contribution in [1.82, 2.24) is 0 Å². The standard InChI is InChI=1S/C23H20F4/c1-2-3-4-5-15-11-20(24)23(21(25)12-15)19-9-8-17-10-16(13-22(26)27)6-7-18(17)14-19/h6-14H,2-5H2,1H3. The van der Waals surface area contributed by atoms with Gasteiger partial charge >= 0.3 is 0 Å². The predicted octanol–water partition coefficient (Wildman–Crippen LogP) is 7.76. The highest BCUT2D eigenvalue weighted by molar-refractivity contribution is 5.89. The number of halogens is 4. The molecule has 0 radical (unpaired) electrons. The lowest BCUT2D eigenvalue weighted by Gasteiger charge is -2.10. The van der Waals surface area contributed by atoms with E-state index in [1.165, 1.54) is 12.1 Å². The van der Waals surface area contributed by atoms with E-state index in [4.69, 9.17) is 0 Å². The second kappa shape index (κ2) is 8.38. The molecular formula is C23H20F4. The van der Waals surface area contributed by atoms with Gasteiger partial charge in [0.1, 0.15) is 11.6 Å². The molecule has 0 saturated carbocycles. The fourth-order valence-corrected chi connectivity index (χ4v) is 3.26. The molecule has 0 bridgehead atoms. The van der Waals surface area contributed by atoms with Crippen LogP contribution in [-0.2, 0) is 6.42 Å². The largest absolute Gasteiger partial charge is 0.270 e. The Kier molecular flexibility index (Phi) is 5.94. The van der Waals surface area contributed by atoms with Gasteiger partial charge in [0.15, 0.2) is 0 Å². The number of rotatable bonds is 6. The van der Waals surface area contributed by atoms with Crippen LogP contribution in [0.2, 0.25) is 0 Å². The van der Waals surface area contributed by atoms with Crippen molar-refractivity contribution in [3.8, 4) is 11.1 Å². The van der Waals surface area contributed by atoms with E-state index in [9.17, 15) is 17.6 Å². The van der Waals surface area contributed by atoms with Crippen LogP contribution < -0.4 is 0 Å². The van der Waals surface area contributed by atoms with Gasteiger partial charge in [0.25, 0.3) is 6.08 Å². The highest BCUT2D eigenvalue weighted by atomic mass is 19.3. The van der Waals surface area contributed by atoms with Crippen molar-refractivity contribution in [2.75, 3.05) is 0 Å². The molecule has 0 aromatic heterocycles. The molecule has 0 aliphatic rings. The van der Waals surface area contributed by atoms with E-state index >= 15 is 0 Å². The van der Waals surface area contributed by atoms with Crippen molar-refractivity contribution in [1.29, 1.82) is 0 Å². The zero-order valence-electron chi connectivity index (χ0n) is 15.0. The average Bonchev–Trinajstić information content (AvgIpc) is 2.61. The number of hydrogen-bond acceptors (Lipinski definition) is 0. The maximum absolute atomic E-state index is 14.6. The molecule has 0 fully saturated rings. The lowest BCUT2D eigenvalue weighted by atomic mass is 9.97. The van der Waals surface area contributed by atoms with Crippen molar-refractivity contribution < 1.29 is 17.6 Å². The van der Waals surface area contributed by atoms with Crippen LogP contribution in [-0.4, -0.2) is 0 Å². The van der Waals surface area contributed by atoms with Crippen molar-refractivity contribution >= 4 is 16.8 Å². The summed E-state index contributed by atoms with van der Waals surface area (Å²) in [4.78, 5) is 0. The molecule has 0 heterocycles. The van der Waals surface area contributed by atoms with E-state index in [0.717, 1.165) is 36.1 Å². The van der Waals surface area contributed by atoms with E-state index in [2.05, 4.69) is 6.92 Å². The zero-order chi connectivity index (χ0) is 19.4. The summed E-state index contributed by atoms with van der Waals surface area (Å²) in [5.74, 6) is -1.17. The minimum Gasteiger partial charge on any atom is -0.206 e. The second-order valence-electron chi connectivity index (χ2n) is 6.65. The van der Waals surface area contributed by atoms with Gasteiger partial charge in [-0.05, 0) is 64.6 Å². The summed E-state index contributed by atoms with van der Waals surface area (Å²) in [6, 6.07) is 12.6. The molecule has 0 atom stereocenters. The molecule has 0 N–H and O–H groups in total. The Morgan fingerprint density at radius 3 is 2.19 bits per heavy atom. The van der Waals surface area contributed by atoms with Crippen LogP contribution in [0.3, 0.4) is 0 Å². The summed E-state index contributed by atoms with van der Waals surface area (Å²) in [5.41, 5.74) is 1.41. The molecule has 0 unspecified atom stereocenters. The first-order valence-electron chi connectivity index (χ1n) is 9.02. The van der Waals surface area contributed by atoms with Crippen molar-refractivity contribution in [3.63, 3.8) is 0 Å². The Morgan fingerprint density at radius 1 is 0.852 bits per heavy atom. The molecule has 0 amide bonds. The maximum Gasteiger partial charge on any atom is 0.270 e. The number of unbranched alkanes of at least 4 members (excludes halogenated alkanes) is 2. The number of hydrogen-bond donors (Lipinski definition) is 0. The molecule has 140 valence electrons. The smallest absolute Gasteiger partial charge is 0.206 e. The fraction of sp³-hybridized carbons (Fsp3) is 0.217. The summed E-state index contributed by atoms with van der Waals surface area (Å²) in [7, 11) is 0. The molecule has 0 aliphatic carbocycles. The fourth-order valence-electron chi connectivity index (χ4n) is 3.26. The minimum absolute atomic E-state index is 0.0603. The molecule has 4 heteroatoms. The Hall–Kier alpha value is -2.62. The summed E-state index contributed by atoms with van der Waals surface area (Å²) < 4.78 is 54.0. The molecule has 0 aliphatic heterocycles. The summed E-state index contributed by atoms with van der Waals surface area (Å²) in [6.45, 7) is 2.08. The highest BCUT2D eigenvalue weighted by Gasteiger charge is 2.14. The quantitative estimate of drug-likeness (QED) is 0.306. The SMILES string of the molecule is CCCCCc1cc(F)c(-c2ccc3cc(C=C(F)F)ccc3c2)c(F)c1. The van der Waals surface area contributed by atoms with Gasteiger partial charge in [-0.15, -0.1) is 0 Å². The maximum atomic E-state index is 14.6. The van der Waals surface area contributed by atoms with Crippen LogP contribution in [0.1, 0.15) is 37.3 Å². The molecular weight excluding hydrogens is 352 g/mol. The molecule has 0 nitrogen and oxygen atoms in total. The van der Waals surface area contributed by atoms with Gasteiger partial charge in [-0.1, -0.05) is 44.0 Å². The van der Waals surface area contributed by atoms with Crippen molar-refractivity contribution in [2.45, 2.75) is 32.6 Å². The highest BCUT2D eigenvalue weighted by Crippen LogP contribution is 2.31. The van der Waals surface area contributed by atoms with Crippen LogP contribution in [0, 0.1) is 11.6 Å². The topological polar surface area (TPSA) is 0 Å². The molecule has 0 saturated heterocycles. The van der Waals surface area contributed by atoms with Crippen LogP contribution >= 0.6 is 0 Å². The average molecular weight is 372 g/mol. The molecule has 27 heavy (non-hydrogen) atoms. The van der Waals surface area contributed by atoms with Crippen LogP contribution in [0.15, 0.2) is 54.6 Å². The molecule has 3 rings (SSSR count).